The zero-order valence-corrected chi connectivity index (χ0v) is 7.76. The summed E-state index contributed by atoms with van der Waals surface area (Å²) in [6.45, 7) is 1.41. The predicted octanol–water partition coefficient (Wildman–Crippen LogP) is -0.425. The van der Waals surface area contributed by atoms with Gasteiger partial charge < -0.3 is 15.2 Å². The molecule has 0 saturated heterocycles. The van der Waals surface area contributed by atoms with Gasteiger partial charge in [-0.3, -0.25) is 4.79 Å². The summed E-state index contributed by atoms with van der Waals surface area (Å²) in [4.78, 5) is 21.3. The maximum Gasteiger partial charge on any atom is 0.217 e. The molecule has 4 heteroatoms. The van der Waals surface area contributed by atoms with Crippen LogP contribution in [0.3, 0.4) is 0 Å². The smallest absolute Gasteiger partial charge is 0.217 e. The molecule has 0 spiro atoms. The third-order valence-corrected chi connectivity index (χ3v) is 2.48. The van der Waals surface area contributed by atoms with E-state index in [0.29, 0.717) is 0 Å². The van der Waals surface area contributed by atoms with Crippen LogP contribution in [0, 0.1) is 0 Å². The summed E-state index contributed by atoms with van der Waals surface area (Å²) >= 11 is 0. The van der Waals surface area contributed by atoms with E-state index in [1.165, 1.54) is 6.92 Å². The van der Waals surface area contributed by atoms with Gasteiger partial charge in [-0.2, -0.15) is 0 Å². The third kappa shape index (κ3) is 2.72. The van der Waals surface area contributed by atoms with Crippen molar-refractivity contribution in [1.82, 2.24) is 5.32 Å². The number of hydrogen-bond donors (Lipinski definition) is 1. The molecule has 74 valence electrons. The first-order valence-electron chi connectivity index (χ1n) is 4.53. The van der Waals surface area contributed by atoms with Crippen LogP contribution in [0.5, 0.6) is 0 Å². The van der Waals surface area contributed by atoms with Crippen molar-refractivity contribution < 1.29 is 14.7 Å². The first kappa shape index (κ1) is 10.0. The van der Waals surface area contributed by atoms with E-state index in [1.54, 1.807) is 0 Å². The van der Waals surface area contributed by atoms with Gasteiger partial charge in [-0.05, 0) is 12.8 Å². The Labute approximate surface area is 77.3 Å². The van der Waals surface area contributed by atoms with E-state index in [0.717, 1.165) is 25.7 Å². The van der Waals surface area contributed by atoms with Gasteiger partial charge in [0, 0.05) is 24.9 Å². The van der Waals surface area contributed by atoms with E-state index in [9.17, 15) is 14.7 Å². The fourth-order valence-electron chi connectivity index (χ4n) is 2.05. The molecule has 1 saturated carbocycles. The number of rotatable bonds is 3. The maximum absolute atomic E-state index is 10.9. The number of hydrogen-bond acceptors (Lipinski definition) is 3. The van der Waals surface area contributed by atoms with Crippen LogP contribution in [0.2, 0.25) is 0 Å². The Morgan fingerprint density at radius 1 is 1.38 bits per heavy atom. The monoisotopic (exact) mass is 184 g/mol. The number of carboxylic acids is 1. The molecule has 1 aliphatic rings. The van der Waals surface area contributed by atoms with Crippen molar-refractivity contribution in [3.8, 4) is 0 Å². The molecule has 13 heavy (non-hydrogen) atoms. The van der Waals surface area contributed by atoms with Crippen LogP contribution in [0.4, 0.5) is 0 Å². The zero-order valence-electron chi connectivity index (χ0n) is 7.76. The molecule has 4 nitrogen and oxygen atoms in total. The van der Waals surface area contributed by atoms with Crippen LogP contribution < -0.4 is 10.4 Å². The highest BCUT2D eigenvalue weighted by Crippen LogP contribution is 2.32. The molecule has 0 radical (unpaired) electrons. The Kier molecular flexibility index (Phi) is 2.90. The van der Waals surface area contributed by atoms with Crippen molar-refractivity contribution in [1.29, 1.82) is 0 Å². The van der Waals surface area contributed by atoms with E-state index in [2.05, 4.69) is 5.32 Å². The Morgan fingerprint density at radius 3 is 2.31 bits per heavy atom. The molecule has 1 N–H and O–H groups in total. The van der Waals surface area contributed by atoms with E-state index in [-0.39, 0.29) is 12.3 Å². The minimum atomic E-state index is -1.09. The van der Waals surface area contributed by atoms with Crippen LogP contribution in [0.25, 0.3) is 0 Å². The first-order valence-corrected chi connectivity index (χ1v) is 4.53. The van der Waals surface area contributed by atoms with Gasteiger partial charge in [0.05, 0.1) is 0 Å². The normalized spacial score (nSPS) is 19.8. The summed E-state index contributed by atoms with van der Waals surface area (Å²) in [5, 5.41) is 13.2. The number of carbonyl (C=O) groups is 2. The van der Waals surface area contributed by atoms with Crippen molar-refractivity contribution in [3.63, 3.8) is 0 Å². The summed E-state index contributed by atoms with van der Waals surface area (Å²) in [5.41, 5.74) is -0.523. The van der Waals surface area contributed by atoms with Crippen molar-refractivity contribution in [3.05, 3.63) is 0 Å². The van der Waals surface area contributed by atoms with Crippen molar-refractivity contribution in [2.75, 3.05) is 0 Å². The Balaban J connectivity index is 2.62. The number of amides is 1. The lowest BCUT2D eigenvalue weighted by molar-refractivity contribution is -0.307. The van der Waals surface area contributed by atoms with Crippen LogP contribution in [0.1, 0.15) is 39.0 Å². The second-order valence-corrected chi connectivity index (χ2v) is 3.72. The molecule has 1 aliphatic carbocycles. The molecular formula is C9H14NO3-. The second kappa shape index (κ2) is 3.77. The standard InChI is InChI=1S/C9H15NO3/c1-7(11)10-9(6-8(12)13)4-2-3-5-9/h2-6H2,1H3,(H,10,11)(H,12,13)/p-1. The van der Waals surface area contributed by atoms with E-state index in [4.69, 9.17) is 0 Å². The highest BCUT2D eigenvalue weighted by Gasteiger charge is 2.34. The van der Waals surface area contributed by atoms with E-state index in [1.807, 2.05) is 0 Å². The van der Waals surface area contributed by atoms with Crippen molar-refractivity contribution in [2.45, 2.75) is 44.6 Å². The average molecular weight is 184 g/mol. The van der Waals surface area contributed by atoms with Crippen molar-refractivity contribution >= 4 is 11.9 Å². The SMILES string of the molecule is CC(=O)NC1(CC(=O)[O-])CCCC1. The van der Waals surface area contributed by atoms with E-state index < -0.39 is 11.5 Å². The van der Waals surface area contributed by atoms with Gasteiger partial charge in [0.25, 0.3) is 0 Å². The number of nitrogens with one attached hydrogen (secondary N) is 1. The highest BCUT2D eigenvalue weighted by atomic mass is 16.4. The molecule has 0 aromatic heterocycles. The third-order valence-electron chi connectivity index (χ3n) is 2.48. The summed E-state index contributed by atoms with van der Waals surface area (Å²) in [6, 6.07) is 0. The van der Waals surface area contributed by atoms with E-state index >= 15 is 0 Å². The lowest BCUT2D eigenvalue weighted by atomic mass is 9.93. The maximum atomic E-state index is 10.9. The first-order chi connectivity index (χ1) is 6.04. The fourth-order valence-corrected chi connectivity index (χ4v) is 2.05. The van der Waals surface area contributed by atoms with Crippen molar-refractivity contribution in [2.24, 2.45) is 0 Å². The average Bonchev–Trinajstić information content (AvgIpc) is 2.33. The molecule has 0 aromatic carbocycles. The highest BCUT2D eigenvalue weighted by molar-refractivity contribution is 5.75. The summed E-state index contributed by atoms with van der Waals surface area (Å²) < 4.78 is 0. The van der Waals surface area contributed by atoms with Gasteiger partial charge in [-0.15, -0.1) is 0 Å². The molecule has 0 unspecified atom stereocenters. The Hall–Kier alpha value is -1.06. The molecular weight excluding hydrogens is 170 g/mol. The summed E-state index contributed by atoms with van der Waals surface area (Å²) in [6.07, 6.45) is 3.40. The van der Waals surface area contributed by atoms with Gasteiger partial charge in [-0.25, -0.2) is 0 Å². The minimum absolute atomic E-state index is 0.0629. The van der Waals surface area contributed by atoms with Crippen LogP contribution in [0.15, 0.2) is 0 Å². The largest absolute Gasteiger partial charge is 0.550 e. The molecule has 0 heterocycles. The predicted molar refractivity (Wildman–Crippen MR) is 44.6 cm³/mol. The summed E-state index contributed by atoms with van der Waals surface area (Å²) in [7, 11) is 0. The lowest BCUT2D eigenvalue weighted by Gasteiger charge is -2.30. The van der Waals surface area contributed by atoms with Crippen LogP contribution in [-0.2, 0) is 9.59 Å². The Morgan fingerprint density at radius 2 is 1.92 bits per heavy atom. The fraction of sp³-hybridized carbons (Fsp3) is 0.778. The lowest BCUT2D eigenvalue weighted by Crippen LogP contribution is -2.49. The van der Waals surface area contributed by atoms with Gasteiger partial charge in [0.2, 0.25) is 5.91 Å². The van der Waals surface area contributed by atoms with Gasteiger partial charge in [-0.1, -0.05) is 12.8 Å². The molecule has 1 amide bonds. The Bertz CT molecular complexity index is 201. The number of aliphatic carboxylic acids is 1. The molecule has 0 aliphatic heterocycles. The topological polar surface area (TPSA) is 69.2 Å². The molecule has 1 fully saturated rings. The quantitative estimate of drug-likeness (QED) is 0.647. The molecule has 1 rings (SSSR count). The summed E-state index contributed by atoms with van der Waals surface area (Å²) in [5.74, 6) is -1.25. The second-order valence-electron chi connectivity index (χ2n) is 3.72. The number of carboxylic acid groups (broad SMARTS) is 1. The van der Waals surface area contributed by atoms with Crippen LogP contribution >= 0.6 is 0 Å². The van der Waals surface area contributed by atoms with Crippen LogP contribution in [-0.4, -0.2) is 17.4 Å². The van der Waals surface area contributed by atoms with Gasteiger partial charge in [0.1, 0.15) is 0 Å². The van der Waals surface area contributed by atoms with Gasteiger partial charge >= 0.3 is 0 Å². The molecule has 0 aromatic rings. The minimum Gasteiger partial charge on any atom is -0.550 e. The number of carbonyl (C=O) groups excluding carboxylic acids is 2. The molecule has 0 bridgehead atoms. The van der Waals surface area contributed by atoms with Gasteiger partial charge in [0.15, 0.2) is 0 Å². The molecule has 0 atom stereocenters. The zero-order chi connectivity index (χ0) is 9.90.